The van der Waals surface area contributed by atoms with E-state index in [4.69, 9.17) is 9.47 Å². The maximum atomic E-state index is 12.1. The van der Waals surface area contributed by atoms with Gasteiger partial charge in [-0.1, -0.05) is 145 Å². The summed E-state index contributed by atoms with van der Waals surface area (Å²) in [5.74, 6) is 1.62. The molecule has 0 aliphatic heterocycles. The van der Waals surface area contributed by atoms with Gasteiger partial charge in [0.2, 0.25) is 0 Å². The molecule has 0 aliphatic carbocycles. The van der Waals surface area contributed by atoms with Gasteiger partial charge in [-0.2, -0.15) is 0 Å². The molecule has 0 bridgehead atoms. The second-order valence-corrected chi connectivity index (χ2v) is 11.2. The highest BCUT2D eigenvalue weighted by Crippen LogP contribution is 2.44. The summed E-state index contributed by atoms with van der Waals surface area (Å²) in [6, 6.07) is 26.8. The van der Waals surface area contributed by atoms with Crippen LogP contribution in [0.4, 0.5) is 0 Å². The van der Waals surface area contributed by atoms with Crippen LogP contribution in [0.5, 0.6) is 11.5 Å². The highest BCUT2D eigenvalue weighted by Gasteiger charge is 2.42. The van der Waals surface area contributed by atoms with E-state index in [1.54, 1.807) is 14.2 Å². The van der Waals surface area contributed by atoms with Crippen LogP contribution in [-0.4, -0.2) is 25.4 Å². The van der Waals surface area contributed by atoms with Gasteiger partial charge in [0.05, 0.1) is 25.7 Å². The van der Waals surface area contributed by atoms with Gasteiger partial charge < -0.3 is 14.6 Å². The van der Waals surface area contributed by atoms with Gasteiger partial charge in [0.15, 0.2) is 0 Å². The maximum Gasteiger partial charge on any atom is 0.118 e. The number of hydrogen-bond acceptors (Lipinski definition) is 3. The quantitative estimate of drug-likeness (QED) is 0.114. The largest absolute Gasteiger partial charge is 0.497 e. The molecular formula is C37H52O3. The van der Waals surface area contributed by atoms with Crippen molar-refractivity contribution in [2.24, 2.45) is 0 Å². The molecule has 218 valence electrons. The van der Waals surface area contributed by atoms with Crippen LogP contribution in [0.1, 0.15) is 114 Å². The van der Waals surface area contributed by atoms with Gasteiger partial charge >= 0.3 is 0 Å². The lowest BCUT2D eigenvalue weighted by Gasteiger charge is -2.40. The first kappa shape index (κ1) is 31.7. The van der Waals surface area contributed by atoms with Crippen LogP contribution in [0, 0.1) is 0 Å². The fourth-order valence-electron chi connectivity index (χ4n) is 6.06. The van der Waals surface area contributed by atoms with Crippen molar-refractivity contribution in [1.29, 1.82) is 0 Å². The Labute approximate surface area is 244 Å². The Morgan fingerprint density at radius 3 is 1.30 bits per heavy atom. The Kier molecular flexibility index (Phi) is 14.1. The molecule has 0 heterocycles. The summed E-state index contributed by atoms with van der Waals surface area (Å²) < 4.78 is 10.9. The zero-order chi connectivity index (χ0) is 28.5. The Morgan fingerprint density at radius 2 is 0.900 bits per heavy atom. The molecular weight excluding hydrogens is 492 g/mol. The average molecular weight is 545 g/mol. The summed E-state index contributed by atoms with van der Waals surface area (Å²) in [5.41, 5.74) is 2.52. The van der Waals surface area contributed by atoms with Gasteiger partial charge in [-0.15, -0.1) is 0 Å². The standard InChI is InChI=1S/C37H52O3/c1-4-5-6-7-8-9-10-11-12-13-14-15-19-22-36(38)37(31-20-17-16-18-21-31,32-23-27-34(39-2)28-24-32)33-25-29-35(40-3)30-26-33/h16-18,20-21,23-30,36,38H,4-15,19,22H2,1-3H3. The fraction of sp³-hybridized carbons (Fsp3) is 0.514. The first-order valence-electron chi connectivity index (χ1n) is 15.7. The third-order valence-electron chi connectivity index (χ3n) is 8.40. The molecule has 0 radical (unpaired) electrons. The van der Waals surface area contributed by atoms with Crippen LogP contribution >= 0.6 is 0 Å². The van der Waals surface area contributed by atoms with Gasteiger partial charge in [0, 0.05) is 0 Å². The molecule has 0 aliphatic rings. The van der Waals surface area contributed by atoms with Crippen LogP contribution in [0.3, 0.4) is 0 Å². The van der Waals surface area contributed by atoms with E-state index in [1.807, 2.05) is 30.3 Å². The molecule has 0 spiro atoms. The van der Waals surface area contributed by atoms with Gasteiger partial charge in [-0.3, -0.25) is 0 Å². The second-order valence-electron chi connectivity index (χ2n) is 11.2. The minimum atomic E-state index is -0.697. The van der Waals surface area contributed by atoms with Gasteiger partial charge in [0.1, 0.15) is 11.5 Å². The van der Waals surface area contributed by atoms with E-state index < -0.39 is 11.5 Å². The number of hydrogen-bond donors (Lipinski definition) is 1. The number of unbranched alkanes of at least 4 members (excludes halogenated alkanes) is 12. The lowest BCUT2D eigenvalue weighted by molar-refractivity contribution is 0.109. The molecule has 3 rings (SSSR count). The Balaban J connectivity index is 1.66. The molecule has 40 heavy (non-hydrogen) atoms. The molecule has 0 fully saturated rings. The Hall–Kier alpha value is -2.78. The topological polar surface area (TPSA) is 38.7 Å². The zero-order valence-electron chi connectivity index (χ0n) is 25.2. The fourth-order valence-corrected chi connectivity index (χ4v) is 6.06. The molecule has 0 aromatic heterocycles. The number of aliphatic hydroxyl groups excluding tert-OH is 1. The highest BCUT2D eigenvalue weighted by molar-refractivity contribution is 5.53. The first-order chi connectivity index (χ1) is 19.7. The summed E-state index contributed by atoms with van der Waals surface area (Å²) in [5, 5.41) is 12.1. The van der Waals surface area contributed by atoms with Crippen LogP contribution in [0.2, 0.25) is 0 Å². The number of rotatable bonds is 20. The van der Waals surface area contributed by atoms with Crippen LogP contribution < -0.4 is 9.47 Å². The van der Waals surface area contributed by atoms with E-state index in [2.05, 4.69) is 55.5 Å². The van der Waals surface area contributed by atoms with Gasteiger partial charge in [0.25, 0.3) is 0 Å². The van der Waals surface area contributed by atoms with Crippen LogP contribution in [-0.2, 0) is 5.41 Å². The van der Waals surface area contributed by atoms with Gasteiger partial charge in [-0.05, 0) is 47.4 Å². The van der Waals surface area contributed by atoms with E-state index >= 15 is 0 Å². The third kappa shape index (κ3) is 8.86. The number of benzene rings is 3. The molecule has 3 aromatic rings. The molecule has 3 nitrogen and oxygen atoms in total. The predicted octanol–water partition coefficient (Wildman–Crippen LogP) is 9.88. The summed E-state index contributed by atoms with van der Waals surface area (Å²) in [6.07, 6.45) is 17.3. The summed E-state index contributed by atoms with van der Waals surface area (Å²) >= 11 is 0. The third-order valence-corrected chi connectivity index (χ3v) is 8.40. The SMILES string of the molecule is CCCCCCCCCCCCCCCC(O)C(c1ccccc1)(c1ccc(OC)cc1)c1ccc(OC)cc1. The lowest BCUT2D eigenvalue weighted by atomic mass is 9.64. The van der Waals surface area contributed by atoms with Crippen molar-refractivity contribution in [2.45, 2.75) is 108 Å². The van der Waals surface area contributed by atoms with E-state index in [1.165, 1.54) is 70.6 Å². The second kappa shape index (κ2) is 17.8. The molecule has 3 heteroatoms. The smallest absolute Gasteiger partial charge is 0.118 e. The van der Waals surface area contributed by atoms with E-state index in [0.717, 1.165) is 47.5 Å². The molecule has 0 saturated carbocycles. The van der Waals surface area contributed by atoms with Crippen molar-refractivity contribution in [3.05, 3.63) is 95.6 Å². The molecule has 0 saturated heterocycles. The molecule has 3 aromatic carbocycles. The Bertz CT molecular complexity index is 996. The minimum absolute atomic E-state index is 0.579. The van der Waals surface area contributed by atoms with Crippen molar-refractivity contribution >= 4 is 0 Å². The van der Waals surface area contributed by atoms with Crippen molar-refractivity contribution in [2.75, 3.05) is 14.2 Å². The van der Waals surface area contributed by atoms with E-state index in [0.29, 0.717) is 0 Å². The number of methoxy groups -OCH3 is 2. The van der Waals surface area contributed by atoms with Crippen molar-refractivity contribution < 1.29 is 14.6 Å². The van der Waals surface area contributed by atoms with E-state index in [-0.39, 0.29) is 0 Å². The molecule has 0 amide bonds. The highest BCUT2D eigenvalue weighted by atomic mass is 16.5. The lowest BCUT2D eigenvalue weighted by Crippen LogP contribution is -2.42. The number of aliphatic hydroxyl groups is 1. The summed E-state index contributed by atoms with van der Waals surface area (Å²) in [7, 11) is 3.37. The molecule has 1 unspecified atom stereocenters. The first-order valence-corrected chi connectivity index (χ1v) is 15.7. The molecule has 1 atom stereocenters. The maximum absolute atomic E-state index is 12.1. The van der Waals surface area contributed by atoms with Crippen molar-refractivity contribution in [3.63, 3.8) is 0 Å². The summed E-state index contributed by atoms with van der Waals surface area (Å²) in [6.45, 7) is 2.28. The van der Waals surface area contributed by atoms with Crippen molar-refractivity contribution in [1.82, 2.24) is 0 Å². The van der Waals surface area contributed by atoms with Gasteiger partial charge in [-0.25, -0.2) is 0 Å². The van der Waals surface area contributed by atoms with E-state index in [9.17, 15) is 5.11 Å². The zero-order valence-corrected chi connectivity index (χ0v) is 25.2. The van der Waals surface area contributed by atoms with Crippen molar-refractivity contribution in [3.8, 4) is 11.5 Å². The normalized spacial score (nSPS) is 12.3. The predicted molar refractivity (Wildman–Crippen MR) is 169 cm³/mol. The van der Waals surface area contributed by atoms with Crippen LogP contribution in [0.15, 0.2) is 78.9 Å². The Morgan fingerprint density at radius 1 is 0.525 bits per heavy atom. The van der Waals surface area contributed by atoms with Crippen LogP contribution in [0.25, 0.3) is 0 Å². The minimum Gasteiger partial charge on any atom is -0.497 e. The average Bonchev–Trinajstić information content (AvgIpc) is 3.01. The molecule has 1 N–H and O–H groups in total. The monoisotopic (exact) mass is 544 g/mol. The number of ether oxygens (including phenoxy) is 2. The summed E-state index contributed by atoms with van der Waals surface area (Å²) in [4.78, 5) is 0.